The molecule has 0 radical (unpaired) electrons. The number of ether oxygens (including phenoxy) is 1. The lowest BCUT2D eigenvalue weighted by atomic mass is 9.86. The average Bonchev–Trinajstić information content (AvgIpc) is 2.97. The molecule has 0 aliphatic carbocycles. The number of rotatable bonds is 4. The van der Waals surface area contributed by atoms with Crippen LogP contribution < -0.4 is 0 Å². The summed E-state index contributed by atoms with van der Waals surface area (Å²) in [6.07, 6.45) is 4.91. The first-order valence-corrected chi connectivity index (χ1v) is 7.23. The molecule has 1 heterocycles. The molecule has 2 nitrogen and oxygen atoms in total. The molecule has 1 aliphatic rings. The van der Waals surface area contributed by atoms with Crippen LogP contribution in [0, 0.1) is 5.92 Å². The van der Waals surface area contributed by atoms with Crippen molar-refractivity contribution in [3.63, 3.8) is 0 Å². The summed E-state index contributed by atoms with van der Waals surface area (Å²) in [5.41, 5.74) is 2.29. The zero-order valence-electron chi connectivity index (χ0n) is 11.8. The Bertz CT molecular complexity index is 604. The number of hydrogen-bond acceptors (Lipinski definition) is 2. The molecule has 1 saturated heterocycles. The van der Waals surface area contributed by atoms with E-state index in [0.29, 0.717) is 6.61 Å². The van der Waals surface area contributed by atoms with E-state index in [1.165, 1.54) is 5.56 Å². The van der Waals surface area contributed by atoms with Crippen molar-refractivity contribution in [3.05, 3.63) is 77.9 Å². The summed E-state index contributed by atoms with van der Waals surface area (Å²) in [5, 5.41) is 0. The van der Waals surface area contributed by atoms with Gasteiger partial charge >= 0.3 is 0 Å². The largest absolute Gasteiger partial charge is 0.373 e. The predicted octanol–water partition coefficient (Wildman–Crippen LogP) is 3.70. The van der Waals surface area contributed by atoms with E-state index in [9.17, 15) is 4.79 Å². The van der Waals surface area contributed by atoms with E-state index >= 15 is 0 Å². The minimum Gasteiger partial charge on any atom is -0.373 e. The Hall–Kier alpha value is -2.19. The van der Waals surface area contributed by atoms with Gasteiger partial charge in [-0.3, -0.25) is 0 Å². The van der Waals surface area contributed by atoms with Crippen molar-refractivity contribution in [1.82, 2.24) is 0 Å². The highest BCUT2D eigenvalue weighted by Crippen LogP contribution is 2.34. The summed E-state index contributed by atoms with van der Waals surface area (Å²) < 4.78 is 5.83. The maximum atomic E-state index is 11.5. The van der Waals surface area contributed by atoms with E-state index in [0.717, 1.165) is 11.8 Å². The Kier molecular flexibility index (Phi) is 4.27. The Morgan fingerprint density at radius 2 is 1.62 bits per heavy atom. The van der Waals surface area contributed by atoms with Crippen LogP contribution in [0.2, 0.25) is 0 Å². The van der Waals surface area contributed by atoms with Crippen LogP contribution in [0.25, 0.3) is 6.08 Å². The zero-order chi connectivity index (χ0) is 14.5. The highest BCUT2D eigenvalue weighted by atomic mass is 16.5. The summed E-state index contributed by atoms with van der Waals surface area (Å²) in [6, 6.07) is 20.2. The number of aldehydes is 1. The van der Waals surface area contributed by atoms with Gasteiger partial charge in [0.1, 0.15) is 6.29 Å². The van der Waals surface area contributed by atoms with E-state index in [1.54, 1.807) is 0 Å². The van der Waals surface area contributed by atoms with Gasteiger partial charge in [-0.2, -0.15) is 0 Å². The topological polar surface area (TPSA) is 26.3 Å². The SMILES string of the molecule is O=C[C@@H]1[C@@H](c2ccccc2)CO[C@@H]1/C=C/c1ccccc1. The van der Waals surface area contributed by atoms with Crippen molar-refractivity contribution in [2.45, 2.75) is 12.0 Å². The molecule has 0 amide bonds. The zero-order valence-corrected chi connectivity index (χ0v) is 11.8. The molecule has 0 saturated carbocycles. The monoisotopic (exact) mass is 278 g/mol. The number of carbonyl (C=O) groups excluding carboxylic acids is 1. The minimum absolute atomic E-state index is 0.118. The van der Waals surface area contributed by atoms with Gasteiger partial charge in [-0.1, -0.05) is 72.8 Å². The highest BCUT2D eigenvalue weighted by Gasteiger charge is 2.36. The summed E-state index contributed by atoms with van der Waals surface area (Å²) >= 11 is 0. The standard InChI is InChI=1S/C19H18O2/c20-13-17-18(16-9-5-2-6-10-16)14-21-19(17)12-11-15-7-3-1-4-8-15/h1-13,17-19H,14H2/b12-11+/t17-,18-,19-/m1/s1. The number of benzene rings is 2. The molecule has 2 heteroatoms. The fourth-order valence-corrected chi connectivity index (χ4v) is 2.81. The molecule has 3 rings (SSSR count). The first kappa shape index (κ1) is 13.8. The van der Waals surface area contributed by atoms with Gasteiger partial charge in [0.25, 0.3) is 0 Å². The van der Waals surface area contributed by atoms with Gasteiger partial charge < -0.3 is 9.53 Å². The third-order valence-corrected chi connectivity index (χ3v) is 3.97. The molecule has 0 unspecified atom stereocenters. The summed E-state index contributed by atoms with van der Waals surface area (Å²) in [6.45, 7) is 0.594. The second kappa shape index (κ2) is 6.51. The molecule has 1 aliphatic heterocycles. The van der Waals surface area contributed by atoms with Crippen LogP contribution in [-0.4, -0.2) is 19.0 Å². The van der Waals surface area contributed by atoms with Gasteiger partial charge in [-0.15, -0.1) is 0 Å². The van der Waals surface area contributed by atoms with Gasteiger partial charge in [-0.05, 0) is 11.1 Å². The second-order valence-corrected chi connectivity index (χ2v) is 5.30. The maximum Gasteiger partial charge on any atom is 0.126 e. The smallest absolute Gasteiger partial charge is 0.126 e. The molecular weight excluding hydrogens is 260 g/mol. The summed E-state index contributed by atoms with van der Waals surface area (Å²) in [7, 11) is 0. The van der Waals surface area contributed by atoms with E-state index in [2.05, 4.69) is 12.1 Å². The van der Waals surface area contributed by atoms with Crippen molar-refractivity contribution >= 4 is 12.4 Å². The van der Waals surface area contributed by atoms with Crippen LogP contribution in [0.15, 0.2) is 66.7 Å². The van der Waals surface area contributed by atoms with E-state index in [-0.39, 0.29) is 17.9 Å². The first-order valence-electron chi connectivity index (χ1n) is 7.23. The maximum absolute atomic E-state index is 11.5. The lowest BCUT2D eigenvalue weighted by Crippen LogP contribution is -2.19. The van der Waals surface area contributed by atoms with E-state index in [4.69, 9.17) is 4.74 Å². The van der Waals surface area contributed by atoms with Crippen molar-refractivity contribution in [2.24, 2.45) is 5.92 Å². The lowest BCUT2D eigenvalue weighted by Gasteiger charge is -2.15. The Balaban J connectivity index is 1.76. The van der Waals surface area contributed by atoms with Crippen LogP contribution in [0.4, 0.5) is 0 Å². The molecule has 0 bridgehead atoms. The number of carbonyl (C=O) groups is 1. The normalized spacial score (nSPS) is 25.2. The molecule has 0 N–H and O–H groups in total. The quantitative estimate of drug-likeness (QED) is 0.797. The van der Waals surface area contributed by atoms with Gasteiger partial charge in [-0.25, -0.2) is 0 Å². The van der Waals surface area contributed by atoms with Gasteiger partial charge in [0, 0.05) is 5.92 Å². The second-order valence-electron chi connectivity index (χ2n) is 5.30. The van der Waals surface area contributed by atoms with E-state index in [1.807, 2.05) is 60.7 Å². The number of hydrogen-bond donors (Lipinski definition) is 0. The third kappa shape index (κ3) is 3.11. The van der Waals surface area contributed by atoms with Crippen molar-refractivity contribution in [3.8, 4) is 0 Å². The van der Waals surface area contributed by atoms with Crippen molar-refractivity contribution in [1.29, 1.82) is 0 Å². The molecule has 21 heavy (non-hydrogen) atoms. The van der Waals surface area contributed by atoms with Crippen LogP contribution in [-0.2, 0) is 9.53 Å². The Labute approximate surface area is 125 Å². The van der Waals surface area contributed by atoms with Crippen molar-refractivity contribution in [2.75, 3.05) is 6.61 Å². The van der Waals surface area contributed by atoms with Gasteiger partial charge in [0.2, 0.25) is 0 Å². The van der Waals surface area contributed by atoms with Crippen LogP contribution in [0.1, 0.15) is 17.0 Å². The summed E-state index contributed by atoms with van der Waals surface area (Å²) in [4.78, 5) is 11.5. The van der Waals surface area contributed by atoms with Crippen molar-refractivity contribution < 1.29 is 9.53 Å². The van der Waals surface area contributed by atoms with E-state index < -0.39 is 0 Å². The first-order chi connectivity index (χ1) is 10.4. The summed E-state index contributed by atoms with van der Waals surface area (Å²) in [5.74, 6) is 0.0292. The molecule has 3 atom stereocenters. The molecule has 0 aromatic heterocycles. The van der Waals surface area contributed by atoms with Crippen LogP contribution in [0.5, 0.6) is 0 Å². The molecule has 2 aromatic carbocycles. The molecule has 0 spiro atoms. The van der Waals surface area contributed by atoms with Gasteiger partial charge in [0.15, 0.2) is 0 Å². The average molecular weight is 278 g/mol. The molecule has 106 valence electrons. The Morgan fingerprint density at radius 1 is 0.952 bits per heavy atom. The molecule has 1 fully saturated rings. The highest BCUT2D eigenvalue weighted by molar-refractivity contribution is 5.60. The predicted molar refractivity (Wildman–Crippen MR) is 84.0 cm³/mol. The third-order valence-electron chi connectivity index (χ3n) is 3.97. The molecular formula is C19H18O2. The minimum atomic E-state index is -0.145. The van der Waals surface area contributed by atoms with Crippen LogP contribution >= 0.6 is 0 Å². The van der Waals surface area contributed by atoms with Crippen LogP contribution in [0.3, 0.4) is 0 Å². The fourth-order valence-electron chi connectivity index (χ4n) is 2.81. The molecule has 2 aromatic rings. The lowest BCUT2D eigenvalue weighted by molar-refractivity contribution is -0.112. The van der Waals surface area contributed by atoms with Gasteiger partial charge in [0.05, 0.1) is 18.6 Å². The fraction of sp³-hybridized carbons (Fsp3) is 0.211. The Morgan fingerprint density at radius 3 is 2.29 bits per heavy atom.